The number of sulfonamides is 1. The summed E-state index contributed by atoms with van der Waals surface area (Å²) in [5.74, 6) is -0.404. The van der Waals surface area contributed by atoms with E-state index in [-0.39, 0.29) is 0 Å². The maximum Gasteiger partial charge on any atom is 0.247 e. The Kier molecular flexibility index (Phi) is 6.33. The number of anilines is 2. The number of nitrogens with zero attached hydrogens (tertiary/aromatic N) is 2. The van der Waals surface area contributed by atoms with Crippen molar-refractivity contribution in [3.05, 3.63) is 60.2 Å². The zero-order chi connectivity index (χ0) is 20.1. The molecule has 7 nitrogen and oxygen atoms in total. The Morgan fingerprint density at radius 1 is 1.07 bits per heavy atom. The molecule has 0 bridgehead atoms. The molecule has 1 amide bonds. The highest BCUT2D eigenvalue weighted by atomic mass is 32.2. The molecule has 1 aliphatic heterocycles. The number of amides is 1. The number of carbonyl (C=O) groups is 1. The molecule has 8 heteroatoms. The fourth-order valence-electron chi connectivity index (χ4n) is 3.14. The first kappa shape index (κ1) is 20.3. The molecule has 0 radical (unpaired) electrons. The van der Waals surface area contributed by atoms with E-state index < -0.39 is 22.0 Å². The van der Waals surface area contributed by atoms with Crippen LogP contribution in [-0.2, 0) is 19.6 Å². The summed E-state index contributed by atoms with van der Waals surface area (Å²) in [7, 11) is -2.14. The standard InChI is InChI=1S/C20H25N3O4S/c1-22(28(2,25)26)19(16-6-4-3-5-7-16)20(24)21-17-8-10-18(11-9-17)23-12-14-27-15-13-23/h3-11,19H,12-15H2,1-2H3,(H,21,24)/t19-/m1/s1. The van der Waals surface area contributed by atoms with Gasteiger partial charge >= 0.3 is 0 Å². The maximum atomic E-state index is 12.9. The molecule has 2 aromatic rings. The van der Waals surface area contributed by atoms with Gasteiger partial charge in [0.05, 0.1) is 19.5 Å². The average molecular weight is 404 g/mol. The normalized spacial score (nSPS) is 16.0. The van der Waals surface area contributed by atoms with Gasteiger partial charge in [-0.15, -0.1) is 0 Å². The second-order valence-electron chi connectivity index (χ2n) is 6.73. The minimum absolute atomic E-state index is 0.404. The molecule has 0 spiro atoms. The van der Waals surface area contributed by atoms with Gasteiger partial charge in [0.25, 0.3) is 0 Å². The van der Waals surface area contributed by atoms with Gasteiger partial charge < -0.3 is 15.0 Å². The Morgan fingerprint density at radius 3 is 2.25 bits per heavy atom. The van der Waals surface area contributed by atoms with Gasteiger partial charge in [-0.1, -0.05) is 30.3 Å². The zero-order valence-electron chi connectivity index (χ0n) is 16.0. The van der Waals surface area contributed by atoms with Crippen molar-refractivity contribution in [2.45, 2.75) is 6.04 Å². The number of rotatable bonds is 6. The minimum Gasteiger partial charge on any atom is -0.378 e. The average Bonchev–Trinajstić information content (AvgIpc) is 2.69. The molecule has 150 valence electrons. The Bertz CT molecular complexity index is 895. The lowest BCUT2D eigenvalue weighted by Crippen LogP contribution is -2.38. The van der Waals surface area contributed by atoms with Crippen molar-refractivity contribution in [2.75, 3.05) is 49.8 Å². The molecule has 0 aromatic heterocycles. The number of ether oxygens (including phenoxy) is 1. The quantitative estimate of drug-likeness (QED) is 0.799. The fraction of sp³-hybridized carbons (Fsp3) is 0.350. The number of hydrogen-bond acceptors (Lipinski definition) is 5. The van der Waals surface area contributed by atoms with Crippen LogP contribution in [0.25, 0.3) is 0 Å². The van der Waals surface area contributed by atoms with Crippen molar-refractivity contribution < 1.29 is 17.9 Å². The third kappa shape index (κ3) is 4.89. The monoisotopic (exact) mass is 403 g/mol. The number of likely N-dealkylation sites (N-methyl/N-ethyl adjacent to an activating group) is 1. The van der Waals surface area contributed by atoms with Gasteiger partial charge in [-0.25, -0.2) is 8.42 Å². The second kappa shape index (κ2) is 8.72. The lowest BCUT2D eigenvalue weighted by atomic mass is 10.1. The molecule has 28 heavy (non-hydrogen) atoms. The summed E-state index contributed by atoms with van der Waals surface area (Å²) in [6.45, 7) is 3.08. The first-order valence-corrected chi connectivity index (χ1v) is 10.9. The van der Waals surface area contributed by atoms with Crippen molar-refractivity contribution in [2.24, 2.45) is 0 Å². The van der Waals surface area contributed by atoms with Crippen LogP contribution in [-0.4, -0.2) is 58.2 Å². The molecule has 1 atom stereocenters. The molecule has 0 aliphatic carbocycles. The van der Waals surface area contributed by atoms with E-state index >= 15 is 0 Å². The topological polar surface area (TPSA) is 79.0 Å². The van der Waals surface area contributed by atoms with Gasteiger partial charge in [-0.3, -0.25) is 4.79 Å². The van der Waals surface area contributed by atoms with Crippen molar-refractivity contribution >= 4 is 27.3 Å². The predicted octanol–water partition coefficient (Wildman–Crippen LogP) is 2.09. The number of carbonyl (C=O) groups excluding carboxylic acids is 1. The van der Waals surface area contributed by atoms with Crippen LogP contribution in [0.2, 0.25) is 0 Å². The Balaban J connectivity index is 1.78. The van der Waals surface area contributed by atoms with Crippen LogP contribution in [0.5, 0.6) is 0 Å². The van der Waals surface area contributed by atoms with Crippen LogP contribution < -0.4 is 10.2 Å². The molecular weight excluding hydrogens is 378 g/mol. The van der Waals surface area contributed by atoms with Crippen LogP contribution in [0.3, 0.4) is 0 Å². The Hall–Kier alpha value is -2.42. The highest BCUT2D eigenvalue weighted by Gasteiger charge is 2.30. The van der Waals surface area contributed by atoms with Crippen LogP contribution in [0.4, 0.5) is 11.4 Å². The molecule has 1 heterocycles. The molecule has 1 aliphatic rings. The van der Waals surface area contributed by atoms with Crippen LogP contribution in [0.1, 0.15) is 11.6 Å². The van der Waals surface area contributed by atoms with E-state index in [0.29, 0.717) is 24.5 Å². The van der Waals surface area contributed by atoms with E-state index in [9.17, 15) is 13.2 Å². The molecule has 2 aromatic carbocycles. The highest BCUT2D eigenvalue weighted by Crippen LogP contribution is 2.25. The maximum absolute atomic E-state index is 12.9. The first-order chi connectivity index (χ1) is 13.4. The predicted molar refractivity (Wildman–Crippen MR) is 110 cm³/mol. The molecule has 3 rings (SSSR count). The fourth-order valence-corrected chi connectivity index (χ4v) is 3.74. The van der Waals surface area contributed by atoms with E-state index in [1.165, 1.54) is 7.05 Å². The number of morpholine rings is 1. The Morgan fingerprint density at radius 2 is 1.68 bits per heavy atom. The molecule has 0 unspecified atom stereocenters. The van der Waals surface area contributed by atoms with Gasteiger partial charge in [0.15, 0.2) is 0 Å². The van der Waals surface area contributed by atoms with E-state index in [1.54, 1.807) is 24.3 Å². The summed E-state index contributed by atoms with van der Waals surface area (Å²) < 4.78 is 30.6. The van der Waals surface area contributed by atoms with Gasteiger partial charge in [0, 0.05) is 31.5 Å². The summed E-state index contributed by atoms with van der Waals surface area (Å²) in [5, 5.41) is 2.84. The smallest absolute Gasteiger partial charge is 0.247 e. The summed E-state index contributed by atoms with van der Waals surface area (Å²) in [6.07, 6.45) is 1.09. The summed E-state index contributed by atoms with van der Waals surface area (Å²) in [5.41, 5.74) is 2.29. The molecular formula is C20H25N3O4S. The largest absolute Gasteiger partial charge is 0.378 e. The zero-order valence-corrected chi connectivity index (χ0v) is 16.9. The third-order valence-corrected chi connectivity index (χ3v) is 6.02. The van der Waals surface area contributed by atoms with Crippen molar-refractivity contribution in [3.8, 4) is 0 Å². The summed E-state index contributed by atoms with van der Waals surface area (Å²) in [4.78, 5) is 15.2. The van der Waals surface area contributed by atoms with Crippen molar-refractivity contribution in [1.29, 1.82) is 0 Å². The van der Waals surface area contributed by atoms with E-state index in [1.807, 2.05) is 30.3 Å². The van der Waals surface area contributed by atoms with Gasteiger partial charge in [0.1, 0.15) is 6.04 Å². The van der Waals surface area contributed by atoms with Crippen LogP contribution >= 0.6 is 0 Å². The van der Waals surface area contributed by atoms with Crippen molar-refractivity contribution in [1.82, 2.24) is 4.31 Å². The van der Waals surface area contributed by atoms with E-state index in [0.717, 1.165) is 29.3 Å². The van der Waals surface area contributed by atoms with Crippen molar-refractivity contribution in [3.63, 3.8) is 0 Å². The van der Waals surface area contributed by atoms with E-state index in [4.69, 9.17) is 4.74 Å². The Labute approximate surface area is 166 Å². The van der Waals surface area contributed by atoms with Gasteiger partial charge in [-0.2, -0.15) is 4.31 Å². The van der Waals surface area contributed by atoms with Gasteiger partial charge in [-0.05, 0) is 29.8 Å². The lowest BCUT2D eigenvalue weighted by Gasteiger charge is -2.29. The molecule has 1 fully saturated rings. The molecule has 0 saturated carbocycles. The highest BCUT2D eigenvalue weighted by molar-refractivity contribution is 7.88. The first-order valence-electron chi connectivity index (χ1n) is 9.08. The van der Waals surface area contributed by atoms with Crippen LogP contribution in [0, 0.1) is 0 Å². The van der Waals surface area contributed by atoms with E-state index in [2.05, 4.69) is 10.2 Å². The second-order valence-corrected chi connectivity index (χ2v) is 8.77. The summed E-state index contributed by atoms with van der Waals surface area (Å²) in [6, 6.07) is 15.5. The lowest BCUT2D eigenvalue weighted by molar-refractivity contribution is -0.119. The number of hydrogen-bond donors (Lipinski definition) is 1. The van der Waals surface area contributed by atoms with Crippen LogP contribution in [0.15, 0.2) is 54.6 Å². The number of benzene rings is 2. The SMILES string of the molecule is CN([C@@H](C(=O)Nc1ccc(N2CCOCC2)cc1)c1ccccc1)S(C)(=O)=O. The van der Waals surface area contributed by atoms with Gasteiger partial charge in [0.2, 0.25) is 15.9 Å². The molecule has 1 saturated heterocycles. The third-order valence-electron chi connectivity index (χ3n) is 4.76. The number of nitrogens with one attached hydrogen (secondary N) is 1. The summed E-state index contributed by atoms with van der Waals surface area (Å²) >= 11 is 0. The molecule has 1 N–H and O–H groups in total. The minimum atomic E-state index is -3.55.